The summed E-state index contributed by atoms with van der Waals surface area (Å²) in [6.45, 7) is 13.7. The van der Waals surface area contributed by atoms with Crippen LogP contribution in [0.1, 0.15) is 34.6 Å². The van der Waals surface area contributed by atoms with Crippen LogP contribution < -0.4 is 0 Å². The Kier molecular flexibility index (Phi) is 4.61. The topological polar surface area (TPSA) is 26.3 Å². The number of carbonyl (C=O) groups excluding carboxylic acids is 1. The van der Waals surface area contributed by atoms with Crippen LogP contribution >= 0.6 is 0 Å². The van der Waals surface area contributed by atoms with Gasteiger partial charge in [-0.3, -0.25) is 0 Å². The number of ether oxygens (including phenoxy) is 1. The summed E-state index contributed by atoms with van der Waals surface area (Å²) in [6, 6.07) is 0. The highest BCUT2D eigenvalue weighted by molar-refractivity contribution is 5.86. The third-order valence-electron chi connectivity index (χ3n) is 1.60. The van der Waals surface area contributed by atoms with Crippen LogP contribution in [-0.2, 0) is 9.53 Å². The van der Waals surface area contributed by atoms with Crippen molar-refractivity contribution in [2.24, 2.45) is 5.41 Å². The minimum absolute atomic E-state index is 0.107. The van der Waals surface area contributed by atoms with Gasteiger partial charge in [0, 0.05) is 11.0 Å². The summed E-state index contributed by atoms with van der Waals surface area (Å²) in [5.74, 6) is -0.319. The second-order valence-corrected chi connectivity index (χ2v) is 4.57. The Morgan fingerprint density at radius 1 is 1.36 bits per heavy atom. The van der Waals surface area contributed by atoms with Gasteiger partial charge < -0.3 is 4.74 Å². The molecule has 0 aliphatic carbocycles. The maximum atomic E-state index is 11.1. The molecule has 14 heavy (non-hydrogen) atoms. The van der Waals surface area contributed by atoms with E-state index < -0.39 is 0 Å². The second-order valence-electron chi connectivity index (χ2n) is 4.57. The molecule has 0 saturated carbocycles. The van der Waals surface area contributed by atoms with Crippen LogP contribution in [-0.4, -0.2) is 12.6 Å². The number of hydrogen-bond acceptors (Lipinski definition) is 2. The maximum Gasteiger partial charge on any atom is 0.333 e. The van der Waals surface area contributed by atoms with E-state index in [1.54, 1.807) is 6.92 Å². The van der Waals surface area contributed by atoms with Crippen LogP contribution in [0, 0.1) is 5.41 Å². The fourth-order valence-electron chi connectivity index (χ4n) is 1.20. The van der Waals surface area contributed by atoms with Gasteiger partial charge in [-0.05, 0) is 20.8 Å². The van der Waals surface area contributed by atoms with Crippen LogP contribution in [0.25, 0.3) is 0 Å². The van der Waals surface area contributed by atoms with Crippen LogP contribution in [0.4, 0.5) is 0 Å². The maximum absolute atomic E-state index is 11.1. The molecule has 0 aromatic carbocycles. The average molecular weight is 196 g/mol. The summed E-state index contributed by atoms with van der Waals surface area (Å²) in [4.78, 5) is 11.1. The molecule has 80 valence electrons. The molecular weight excluding hydrogens is 176 g/mol. The lowest BCUT2D eigenvalue weighted by atomic mass is 9.92. The van der Waals surface area contributed by atoms with Crippen molar-refractivity contribution in [3.63, 3.8) is 0 Å². The van der Waals surface area contributed by atoms with Gasteiger partial charge in [-0.2, -0.15) is 0 Å². The van der Waals surface area contributed by atoms with Crippen molar-refractivity contribution >= 4 is 5.97 Å². The predicted octanol–water partition coefficient (Wildman–Crippen LogP) is 3.10. The van der Waals surface area contributed by atoms with E-state index in [1.165, 1.54) is 5.57 Å². The van der Waals surface area contributed by atoms with Crippen LogP contribution in [0.3, 0.4) is 0 Å². The zero-order chi connectivity index (χ0) is 11.4. The molecule has 0 spiro atoms. The average Bonchev–Trinajstić information content (AvgIpc) is 1.97. The van der Waals surface area contributed by atoms with Crippen molar-refractivity contribution in [1.82, 2.24) is 0 Å². The lowest BCUT2D eigenvalue weighted by Crippen LogP contribution is -2.20. The van der Waals surface area contributed by atoms with E-state index >= 15 is 0 Å². The smallest absolute Gasteiger partial charge is 0.333 e. The molecule has 0 aliphatic rings. The highest BCUT2D eigenvalue weighted by atomic mass is 16.5. The summed E-state index contributed by atoms with van der Waals surface area (Å²) in [7, 11) is 0. The zero-order valence-electron chi connectivity index (χ0n) is 9.81. The Hall–Kier alpha value is -1.05. The van der Waals surface area contributed by atoms with Crippen LogP contribution in [0.15, 0.2) is 23.8 Å². The summed E-state index contributed by atoms with van der Waals surface area (Å²) in [5.41, 5.74) is 1.56. The standard InChI is InChI=1S/C12H20O2/c1-9(2)7-12(5,6)8-14-11(13)10(3)4/h7H,3,8H2,1-2,4-6H3. The first-order chi connectivity index (χ1) is 6.24. The number of carbonyl (C=O) groups is 1. The minimum atomic E-state index is -0.319. The first-order valence-corrected chi connectivity index (χ1v) is 4.73. The third-order valence-corrected chi connectivity index (χ3v) is 1.60. The molecule has 0 atom stereocenters. The summed E-state index contributed by atoms with van der Waals surface area (Å²) < 4.78 is 5.09. The Balaban J connectivity index is 4.19. The number of rotatable bonds is 4. The van der Waals surface area contributed by atoms with Crippen molar-refractivity contribution in [2.75, 3.05) is 6.61 Å². The lowest BCUT2D eigenvalue weighted by Gasteiger charge is -2.20. The summed E-state index contributed by atoms with van der Waals surface area (Å²) in [6.07, 6.45) is 2.10. The molecule has 0 heterocycles. The molecule has 0 unspecified atom stereocenters. The van der Waals surface area contributed by atoms with E-state index in [2.05, 4.69) is 12.7 Å². The molecule has 0 saturated heterocycles. The van der Waals surface area contributed by atoms with Gasteiger partial charge in [0.15, 0.2) is 0 Å². The molecule has 0 aliphatic heterocycles. The second kappa shape index (κ2) is 4.99. The number of allylic oxidation sites excluding steroid dienone is 1. The zero-order valence-corrected chi connectivity index (χ0v) is 9.81. The lowest BCUT2D eigenvalue weighted by molar-refractivity contribution is -0.141. The molecule has 2 nitrogen and oxygen atoms in total. The predicted molar refractivity (Wildman–Crippen MR) is 59.0 cm³/mol. The minimum Gasteiger partial charge on any atom is -0.461 e. The normalized spacial score (nSPS) is 10.6. The molecule has 2 heteroatoms. The first-order valence-electron chi connectivity index (χ1n) is 4.73. The Bertz CT molecular complexity index is 255. The molecule has 0 bridgehead atoms. The number of esters is 1. The molecule has 0 aromatic heterocycles. The number of hydrogen-bond donors (Lipinski definition) is 0. The van der Waals surface area contributed by atoms with E-state index in [0.29, 0.717) is 12.2 Å². The molecule has 0 N–H and O–H groups in total. The van der Waals surface area contributed by atoms with Crippen molar-refractivity contribution in [3.05, 3.63) is 23.8 Å². The van der Waals surface area contributed by atoms with Crippen molar-refractivity contribution < 1.29 is 9.53 Å². The molecule has 0 aromatic rings. The third kappa shape index (κ3) is 5.57. The Morgan fingerprint density at radius 3 is 2.21 bits per heavy atom. The first kappa shape index (κ1) is 12.9. The molecule has 0 amide bonds. The molecule has 0 rings (SSSR count). The van der Waals surface area contributed by atoms with Gasteiger partial charge in [-0.25, -0.2) is 4.79 Å². The fraction of sp³-hybridized carbons (Fsp3) is 0.583. The van der Waals surface area contributed by atoms with Gasteiger partial charge in [0.25, 0.3) is 0 Å². The monoisotopic (exact) mass is 196 g/mol. The van der Waals surface area contributed by atoms with Gasteiger partial charge in [0.1, 0.15) is 6.61 Å². The van der Waals surface area contributed by atoms with Gasteiger partial charge in [-0.1, -0.05) is 32.1 Å². The largest absolute Gasteiger partial charge is 0.461 e. The summed E-state index contributed by atoms with van der Waals surface area (Å²) in [5, 5.41) is 0. The van der Waals surface area contributed by atoms with Crippen molar-refractivity contribution in [3.8, 4) is 0 Å². The summed E-state index contributed by atoms with van der Waals surface area (Å²) >= 11 is 0. The van der Waals surface area contributed by atoms with E-state index in [-0.39, 0.29) is 11.4 Å². The van der Waals surface area contributed by atoms with E-state index in [0.717, 1.165) is 0 Å². The van der Waals surface area contributed by atoms with Gasteiger partial charge in [-0.15, -0.1) is 0 Å². The van der Waals surface area contributed by atoms with E-state index in [1.807, 2.05) is 27.7 Å². The highest BCUT2D eigenvalue weighted by Crippen LogP contribution is 2.19. The molecule has 0 radical (unpaired) electrons. The molecular formula is C12H20O2. The Labute approximate surface area is 86.6 Å². The van der Waals surface area contributed by atoms with Crippen molar-refractivity contribution in [2.45, 2.75) is 34.6 Å². The van der Waals surface area contributed by atoms with Crippen molar-refractivity contribution in [1.29, 1.82) is 0 Å². The van der Waals surface area contributed by atoms with Gasteiger partial charge in [0.05, 0.1) is 0 Å². The van der Waals surface area contributed by atoms with Crippen LogP contribution in [0.5, 0.6) is 0 Å². The quantitative estimate of drug-likeness (QED) is 0.392. The molecule has 0 fully saturated rings. The SMILES string of the molecule is C=C(C)C(=O)OCC(C)(C)C=C(C)C. The fourth-order valence-corrected chi connectivity index (χ4v) is 1.20. The van der Waals surface area contributed by atoms with E-state index in [4.69, 9.17) is 4.74 Å². The van der Waals surface area contributed by atoms with Gasteiger partial charge >= 0.3 is 5.97 Å². The highest BCUT2D eigenvalue weighted by Gasteiger charge is 2.17. The van der Waals surface area contributed by atoms with Gasteiger partial charge in [0.2, 0.25) is 0 Å². The Morgan fingerprint density at radius 2 is 1.86 bits per heavy atom. The van der Waals surface area contributed by atoms with E-state index in [9.17, 15) is 4.79 Å². The van der Waals surface area contributed by atoms with Crippen LogP contribution in [0.2, 0.25) is 0 Å².